The Hall–Kier alpha value is -0.730. The van der Waals surface area contributed by atoms with Crippen molar-refractivity contribution in [3.63, 3.8) is 0 Å². The largest absolute Gasteiger partial charge is 0.296 e. The number of carbonyl (C=O) groups excluding carboxylic acids is 1. The lowest BCUT2D eigenvalue weighted by Gasteiger charge is -2.29. The molecule has 0 atom stereocenters. The van der Waals surface area contributed by atoms with Crippen molar-refractivity contribution in [1.29, 1.82) is 0 Å². The van der Waals surface area contributed by atoms with E-state index in [1.807, 2.05) is 0 Å². The molecule has 0 aromatic heterocycles. The van der Waals surface area contributed by atoms with Crippen molar-refractivity contribution in [1.82, 2.24) is 9.73 Å². The third-order valence-corrected chi connectivity index (χ3v) is 5.73. The highest BCUT2D eigenvalue weighted by molar-refractivity contribution is 7.88. The van der Waals surface area contributed by atoms with Crippen molar-refractivity contribution >= 4 is 56.4 Å². The summed E-state index contributed by atoms with van der Waals surface area (Å²) < 4.78 is 24.3. The van der Waals surface area contributed by atoms with Crippen molar-refractivity contribution in [2.75, 3.05) is 24.8 Å². The number of sulfonamides is 1. The Labute approximate surface area is 150 Å². The van der Waals surface area contributed by atoms with Gasteiger partial charge in [-0.25, -0.2) is 12.7 Å². The molecule has 0 spiro atoms. The quantitative estimate of drug-likeness (QED) is 0.762. The predicted molar refractivity (Wildman–Crippen MR) is 92.4 cm³/mol. The number of hydrogen-bond acceptors (Lipinski definition) is 4. The molecule has 0 aliphatic carbocycles. The summed E-state index contributed by atoms with van der Waals surface area (Å²) in [5.41, 5.74) is 5.61. The second-order valence-electron chi connectivity index (χ2n) is 5.29. The standard InChI is InChI=1S/C13H16Cl3N3O3S/c1-23(21,22)19-4-2-8(3-5-19)13(20)18-17-12-10(15)6-9(14)7-11(12)16/h6-8,17H,2-5H2,1H3,(H,18,20). The Bertz CT molecular complexity index is 681. The second-order valence-corrected chi connectivity index (χ2v) is 8.53. The van der Waals surface area contributed by atoms with Crippen molar-refractivity contribution in [3.8, 4) is 0 Å². The molecule has 1 aliphatic rings. The molecule has 0 unspecified atom stereocenters. The van der Waals surface area contributed by atoms with Gasteiger partial charge in [0.1, 0.15) is 0 Å². The maximum Gasteiger partial charge on any atom is 0.241 e. The zero-order valence-electron chi connectivity index (χ0n) is 12.3. The molecule has 0 bridgehead atoms. The number of hydrazine groups is 1. The molecule has 6 nitrogen and oxygen atoms in total. The molecule has 1 aromatic rings. The molecule has 23 heavy (non-hydrogen) atoms. The molecule has 1 heterocycles. The van der Waals surface area contributed by atoms with Gasteiger partial charge in [0.15, 0.2) is 0 Å². The van der Waals surface area contributed by atoms with Crippen LogP contribution in [0.15, 0.2) is 12.1 Å². The number of anilines is 1. The summed E-state index contributed by atoms with van der Waals surface area (Å²) in [4.78, 5) is 12.2. The Balaban J connectivity index is 1.92. The van der Waals surface area contributed by atoms with Crippen LogP contribution < -0.4 is 10.9 Å². The van der Waals surface area contributed by atoms with Crippen LogP contribution in [0.25, 0.3) is 0 Å². The predicted octanol–water partition coefficient (Wildman–Crippen LogP) is 2.76. The van der Waals surface area contributed by atoms with Crippen LogP contribution in [0.4, 0.5) is 5.69 Å². The Morgan fingerprint density at radius 3 is 2.17 bits per heavy atom. The SMILES string of the molecule is CS(=O)(=O)N1CCC(C(=O)NNc2c(Cl)cc(Cl)cc2Cl)CC1. The molecule has 1 aliphatic heterocycles. The highest BCUT2D eigenvalue weighted by Crippen LogP contribution is 2.33. The van der Waals surface area contributed by atoms with Gasteiger partial charge in [-0.15, -0.1) is 0 Å². The van der Waals surface area contributed by atoms with E-state index >= 15 is 0 Å². The van der Waals surface area contributed by atoms with E-state index in [9.17, 15) is 13.2 Å². The van der Waals surface area contributed by atoms with Crippen molar-refractivity contribution in [2.45, 2.75) is 12.8 Å². The van der Waals surface area contributed by atoms with Crippen LogP contribution in [-0.4, -0.2) is 38.0 Å². The van der Waals surface area contributed by atoms with Gasteiger partial charge in [-0.3, -0.25) is 15.6 Å². The number of piperidine rings is 1. The van der Waals surface area contributed by atoms with Gasteiger partial charge in [-0.1, -0.05) is 34.8 Å². The first-order valence-electron chi connectivity index (χ1n) is 6.84. The maximum atomic E-state index is 12.2. The van der Waals surface area contributed by atoms with E-state index in [4.69, 9.17) is 34.8 Å². The third-order valence-electron chi connectivity index (χ3n) is 3.61. The number of amides is 1. The van der Waals surface area contributed by atoms with E-state index in [-0.39, 0.29) is 21.9 Å². The molecule has 10 heteroatoms. The molecule has 0 saturated carbocycles. The van der Waals surface area contributed by atoms with Gasteiger partial charge in [-0.05, 0) is 25.0 Å². The molecular formula is C13H16Cl3N3O3S. The fourth-order valence-corrected chi connectivity index (χ4v) is 4.12. The minimum Gasteiger partial charge on any atom is -0.296 e. The highest BCUT2D eigenvalue weighted by atomic mass is 35.5. The van der Waals surface area contributed by atoms with Crippen molar-refractivity contribution in [3.05, 3.63) is 27.2 Å². The Kier molecular flexibility index (Phi) is 6.02. The zero-order chi connectivity index (χ0) is 17.2. The third kappa shape index (κ3) is 4.87. The van der Waals surface area contributed by atoms with Gasteiger partial charge in [0, 0.05) is 24.0 Å². The molecule has 1 amide bonds. The molecule has 1 saturated heterocycles. The van der Waals surface area contributed by atoms with E-state index in [0.717, 1.165) is 0 Å². The Morgan fingerprint density at radius 1 is 1.17 bits per heavy atom. The number of carbonyl (C=O) groups is 1. The second kappa shape index (κ2) is 7.44. The fourth-order valence-electron chi connectivity index (χ4n) is 2.34. The number of benzene rings is 1. The van der Waals surface area contributed by atoms with Crippen LogP contribution in [0.2, 0.25) is 15.1 Å². The average molecular weight is 401 g/mol. The minimum absolute atomic E-state index is 0.236. The molecule has 2 rings (SSSR count). The summed E-state index contributed by atoms with van der Waals surface area (Å²) in [6, 6.07) is 3.02. The molecule has 0 radical (unpaired) electrons. The number of nitrogens with zero attached hydrogens (tertiary/aromatic N) is 1. The maximum absolute atomic E-state index is 12.2. The first-order chi connectivity index (χ1) is 10.7. The lowest BCUT2D eigenvalue weighted by Crippen LogP contribution is -2.43. The monoisotopic (exact) mass is 399 g/mol. The van der Waals surface area contributed by atoms with Gasteiger partial charge in [-0.2, -0.15) is 0 Å². The van der Waals surface area contributed by atoms with Gasteiger partial charge in [0.05, 0.1) is 22.0 Å². The lowest BCUT2D eigenvalue weighted by atomic mass is 9.98. The first kappa shape index (κ1) is 18.6. The summed E-state index contributed by atoms with van der Waals surface area (Å²) >= 11 is 17.9. The van der Waals surface area contributed by atoms with Crippen LogP contribution in [0, 0.1) is 5.92 Å². The van der Waals surface area contributed by atoms with E-state index in [0.29, 0.717) is 36.6 Å². The zero-order valence-corrected chi connectivity index (χ0v) is 15.4. The van der Waals surface area contributed by atoms with Crippen LogP contribution in [0.5, 0.6) is 0 Å². The van der Waals surface area contributed by atoms with E-state index in [1.54, 1.807) is 0 Å². The molecule has 2 N–H and O–H groups in total. The minimum atomic E-state index is -3.21. The summed E-state index contributed by atoms with van der Waals surface area (Å²) in [6.45, 7) is 0.665. The molecular weight excluding hydrogens is 385 g/mol. The molecule has 128 valence electrons. The van der Waals surface area contributed by atoms with Crippen LogP contribution in [0.3, 0.4) is 0 Å². The van der Waals surface area contributed by atoms with Crippen molar-refractivity contribution < 1.29 is 13.2 Å². The van der Waals surface area contributed by atoms with Crippen molar-refractivity contribution in [2.24, 2.45) is 5.92 Å². The van der Waals surface area contributed by atoms with Gasteiger partial charge in [0.2, 0.25) is 15.9 Å². The number of nitrogens with one attached hydrogen (secondary N) is 2. The average Bonchev–Trinajstić information content (AvgIpc) is 2.45. The molecule has 1 aromatic carbocycles. The van der Waals surface area contributed by atoms with Gasteiger partial charge >= 0.3 is 0 Å². The van der Waals surface area contributed by atoms with Crippen LogP contribution >= 0.6 is 34.8 Å². The number of halogens is 3. The fraction of sp³-hybridized carbons (Fsp3) is 0.462. The van der Waals surface area contributed by atoms with Gasteiger partial charge < -0.3 is 0 Å². The van der Waals surface area contributed by atoms with Gasteiger partial charge in [0.25, 0.3) is 0 Å². The van der Waals surface area contributed by atoms with Crippen LogP contribution in [-0.2, 0) is 14.8 Å². The first-order valence-corrected chi connectivity index (χ1v) is 9.82. The topological polar surface area (TPSA) is 78.5 Å². The van der Waals surface area contributed by atoms with E-state index in [1.165, 1.54) is 22.7 Å². The smallest absolute Gasteiger partial charge is 0.241 e. The summed E-state index contributed by atoms with van der Waals surface area (Å²) in [5.74, 6) is -0.509. The van der Waals surface area contributed by atoms with E-state index < -0.39 is 10.0 Å². The number of hydrogen-bond donors (Lipinski definition) is 2. The lowest BCUT2D eigenvalue weighted by molar-refractivity contribution is -0.125. The highest BCUT2D eigenvalue weighted by Gasteiger charge is 2.29. The van der Waals surface area contributed by atoms with E-state index in [2.05, 4.69) is 10.9 Å². The van der Waals surface area contributed by atoms with Crippen LogP contribution in [0.1, 0.15) is 12.8 Å². The summed E-state index contributed by atoms with van der Waals surface area (Å²) in [6.07, 6.45) is 2.09. The number of rotatable bonds is 4. The molecule has 1 fully saturated rings. The Morgan fingerprint density at radius 2 is 1.70 bits per heavy atom. The summed E-state index contributed by atoms with van der Waals surface area (Å²) in [5, 5.41) is 0.967. The summed E-state index contributed by atoms with van der Waals surface area (Å²) in [7, 11) is -3.21. The normalized spacial score (nSPS) is 17.0.